The third-order valence-corrected chi connectivity index (χ3v) is 3.73. The molecule has 0 aliphatic heterocycles. The highest BCUT2D eigenvalue weighted by Gasteiger charge is 2.12. The Morgan fingerprint density at radius 3 is 2.60 bits per heavy atom. The average molecular weight is 317 g/mol. The molecule has 0 aromatic heterocycles. The molecule has 1 amide bonds. The second-order valence-corrected chi connectivity index (χ2v) is 5.75. The van der Waals surface area contributed by atoms with Crippen LogP contribution in [-0.4, -0.2) is 12.5 Å². The number of nitrogens with two attached hydrogens (primary N) is 1. The minimum Gasteiger partial charge on any atom is -0.350 e. The van der Waals surface area contributed by atoms with Crippen molar-refractivity contribution < 1.29 is 4.79 Å². The Kier molecular flexibility index (Phi) is 7.97. The van der Waals surface area contributed by atoms with Crippen LogP contribution < -0.4 is 11.1 Å². The zero-order valence-electron chi connectivity index (χ0n) is 11.8. The first-order valence-corrected chi connectivity index (χ1v) is 7.74. The number of hydrogen-bond acceptors (Lipinski definition) is 2. The molecule has 0 spiro atoms. The van der Waals surface area contributed by atoms with Crippen molar-refractivity contribution >= 4 is 29.1 Å². The second kappa shape index (κ2) is 9.22. The maximum Gasteiger partial charge on any atom is 0.220 e. The van der Waals surface area contributed by atoms with Crippen molar-refractivity contribution in [1.82, 2.24) is 5.32 Å². The first-order chi connectivity index (χ1) is 9.54. The Labute approximate surface area is 130 Å². The van der Waals surface area contributed by atoms with Crippen LogP contribution in [0.2, 0.25) is 10.0 Å². The fourth-order valence-corrected chi connectivity index (χ4v) is 2.60. The molecule has 20 heavy (non-hydrogen) atoms. The molecule has 0 heterocycles. The lowest BCUT2D eigenvalue weighted by Gasteiger charge is -2.16. The van der Waals surface area contributed by atoms with E-state index in [1.807, 2.05) is 13.0 Å². The summed E-state index contributed by atoms with van der Waals surface area (Å²) in [7, 11) is 0. The number of nitrogens with one attached hydrogen (secondary N) is 1. The highest BCUT2D eigenvalue weighted by atomic mass is 35.5. The van der Waals surface area contributed by atoms with Crippen LogP contribution in [0.4, 0.5) is 0 Å². The van der Waals surface area contributed by atoms with Crippen LogP contribution in [0.1, 0.15) is 50.6 Å². The number of hydrogen-bond donors (Lipinski definition) is 2. The van der Waals surface area contributed by atoms with Gasteiger partial charge < -0.3 is 11.1 Å². The van der Waals surface area contributed by atoms with Crippen LogP contribution >= 0.6 is 23.2 Å². The molecule has 1 aromatic carbocycles. The fourth-order valence-electron chi connectivity index (χ4n) is 2.03. The molecule has 5 heteroatoms. The molecule has 0 aliphatic carbocycles. The Morgan fingerprint density at radius 1 is 1.25 bits per heavy atom. The maximum absolute atomic E-state index is 11.8. The van der Waals surface area contributed by atoms with Crippen molar-refractivity contribution in [3.8, 4) is 0 Å². The van der Waals surface area contributed by atoms with E-state index in [1.165, 1.54) is 0 Å². The van der Waals surface area contributed by atoms with Crippen molar-refractivity contribution in [1.29, 1.82) is 0 Å². The van der Waals surface area contributed by atoms with Gasteiger partial charge in [0.15, 0.2) is 0 Å². The number of halogens is 2. The zero-order chi connectivity index (χ0) is 15.0. The zero-order valence-corrected chi connectivity index (χ0v) is 13.3. The van der Waals surface area contributed by atoms with E-state index in [0.717, 1.165) is 37.8 Å². The first kappa shape index (κ1) is 17.3. The molecule has 0 saturated heterocycles. The van der Waals surface area contributed by atoms with Crippen molar-refractivity contribution in [3.05, 3.63) is 33.8 Å². The maximum atomic E-state index is 11.8. The van der Waals surface area contributed by atoms with Gasteiger partial charge in [-0.25, -0.2) is 0 Å². The van der Waals surface area contributed by atoms with Gasteiger partial charge in [-0.1, -0.05) is 42.1 Å². The van der Waals surface area contributed by atoms with Gasteiger partial charge in [0.2, 0.25) is 5.91 Å². The summed E-state index contributed by atoms with van der Waals surface area (Å²) in [6, 6.07) is 5.19. The molecular weight excluding hydrogens is 295 g/mol. The van der Waals surface area contributed by atoms with Crippen molar-refractivity contribution in [2.75, 3.05) is 6.54 Å². The molecule has 1 unspecified atom stereocenters. The molecule has 0 saturated carbocycles. The number of rotatable bonds is 8. The van der Waals surface area contributed by atoms with Crippen molar-refractivity contribution in [2.24, 2.45) is 5.73 Å². The van der Waals surface area contributed by atoms with Gasteiger partial charge in [-0.05, 0) is 44.0 Å². The van der Waals surface area contributed by atoms with Gasteiger partial charge in [0.1, 0.15) is 0 Å². The Bertz CT molecular complexity index is 438. The lowest BCUT2D eigenvalue weighted by Crippen LogP contribution is -2.26. The summed E-state index contributed by atoms with van der Waals surface area (Å²) in [5, 5.41) is 4.13. The van der Waals surface area contributed by atoms with Gasteiger partial charge in [-0.15, -0.1) is 0 Å². The van der Waals surface area contributed by atoms with Crippen LogP contribution in [-0.2, 0) is 4.79 Å². The number of amides is 1. The van der Waals surface area contributed by atoms with Gasteiger partial charge >= 0.3 is 0 Å². The molecule has 1 aromatic rings. The number of carbonyl (C=O) groups is 1. The van der Waals surface area contributed by atoms with Crippen molar-refractivity contribution in [3.63, 3.8) is 0 Å². The largest absolute Gasteiger partial charge is 0.350 e. The molecule has 0 aliphatic rings. The summed E-state index contributed by atoms with van der Waals surface area (Å²) < 4.78 is 0. The number of carbonyl (C=O) groups excluding carboxylic acids is 1. The summed E-state index contributed by atoms with van der Waals surface area (Å²) in [5.74, 6) is 0.0521. The third-order valence-electron chi connectivity index (χ3n) is 3.16. The molecule has 3 nitrogen and oxygen atoms in total. The van der Waals surface area contributed by atoms with Gasteiger partial charge in [0, 0.05) is 16.5 Å². The van der Waals surface area contributed by atoms with Gasteiger partial charge in [0.25, 0.3) is 0 Å². The minimum absolute atomic E-state index is 0.0521. The van der Waals surface area contributed by atoms with E-state index in [-0.39, 0.29) is 11.9 Å². The topological polar surface area (TPSA) is 55.1 Å². The van der Waals surface area contributed by atoms with E-state index in [1.54, 1.807) is 12.1 Å². The Balaban J connectivity index is 2.37. The quantitative estimate of drug-likeness (QED) is 0.710. The second-order valence-electron chi connectivity index (χ2n) is 4.91. The molecule has 112 valence electrons. The molecule has 0 fully saturated rings. The van der Waals surface area contributed by atoms with Gasteiger partial charge in [-0.3, -0.25) is 4.79 Å². The van der Waals surface area contributed by atoms with E-state index in [0.29, 0.717) is 16.5 Å². The van der Waals surface area contributed by atoms with E-state index in [4.69, 9.17) is 28.9 Å². The van der Waals surface area contributed by atoms with Gasteiger partial charge in [0.05, 0.1) is 6.04 Å². The van der Waals surface area contributed by atoms with E-state index < -0.39 is 0 Å². The number of unbranched alkanes of at least 4 members (excludes halogenated alkanes) is 3. The minimum atomic E-state index is -0.115. The SMILES string of the molecule is CC(NC(=O)CCCCCCN)c1ccc(Cl)cc1Cl. The van der Waals surface area contributed by atoms with E-state index in [9.17, 15) is 4.79 Å². The normalized spacial score (nSPS) is 12.2. The van der Waals surface area contributed by atoms with Crippen LogP contribution in [0.25, 0.3) is 0 Å². The predicted molar refractivity (Wildman–Crippen MR) is 85.2 cm³/mol. The molecule has 3 N–H and O–H groups in total. The van der Waals surface area contributed by atoms with Crippen LogP contribution in [0.5, 0.6) is 0 Å². The van der Waals surface area contributed by atoms with Crippen LogP contribution in [0.15, 0.2) is 18.2 Å². The van der Waals surface area contributed by atoms with E-state index >= 15 is 0 Å². The molecule has 1 rings (SSSR count). The summed E-state index contributed by atoms with van der Waals surface area (Å²) in [4.78, 5) is 11.8. The van der Waals surface area contributed by atoms with Gasteiger partial charge in [-0.2, -0.15) is 0 Å². The summed E-state index contributed by atoms with van der Waals surface area (Å²) in [5.41, 5.74) is 6.31. The number of benzene rings is 1. The highest BCUT2D eigenvalue weighted by Crippen LogP contribution is 2.26. The summed E-state index contributed by atoms with van der Waals surface area (Å²) in [6.07, 6.45) is 4.59. The summed E-state index contributed by atoms with van der Waals surface area (Å²) in [6.45, 7) is 2.64. The standard InChI is InChI=1S/C15H22Cl2N2O/c1-11(13-8-7-12(16)10-14(13)17)19-15(20)6-4-2-3-5-9-18/h7-8,10-11H,2-6,9,18H2,1H3,(H,19,20). The average Bonchev–Trinajstić information content (AvgIpc) is 2.38. The first-order valence-electron chi connectivity index (χ1n) is 6.99. The molecule has 0 bridgehead atoms. The van der Waals surface area contributed by atoms with Crippen molar-refractivity contribution in [2.45, 2.75) is 45.1 Å². The van der Waals surface area contributed by atoms with E-state index in [2.05, 4.69) is 5.32 Å². The smallest absolute Gasteiger partial charge is 0.220 e. The summed E-state index contributed by atoms with van der Waals surface area (Å²) >= 11 is 12.0. The monoisotopic (exact) mass is 316 g/mol. The predicted octanol–water partition coefficient (Wildman–Crippen LogP) is 4.08. The molecule has 1 atom stereocenters. The molecular formula is C15H22Cl2N2O. The van der Waals surface area contributed by atoms with Crippen LogP contribution in [0.3, 0.4) is 0 Å². The lowest BCUT2D eigenvalue weighted by atomic mass is 10.1. The Morgan fingerprint density at radius 2 is 1.95 bits per heavy atom. The fraction of sp³-hybridized carbons (Fsp3) is 0.533. The van der Waals surface area contributed by atoms with Crippen LogP contribution in [0, 0.1) is 0 Å². The Hall–Kier alpha value is -0.770. The molecule has 0 radical (unpaired) electrons. The highest BCUT2D eigenvalue weighted by molar-refractivity contribution is 6.35. The third kappa shape index (κ3) is 6.12. The lowest BCUT2D eigenvalue weighted by molar-refractivity contribution is -0.121.